The number of aryl methyl sites for hydroxylation is 1. The minimum Gasteiger partial charge on any atom is -0.382 e. The second-order valence-electron chi connectivity index (χ2n) is 4.16. The Morgan fingerprint density at radius 1 is 1.22 bits per heavy atom. The maximum Gasteiger partial charge on any atom is 0.180 e. The first kappa shape index (κ1) is 10.6. The summed E-state index contributed by atoms with van der Waals surface area (Å²) in [6, 6.07) is 8.08. The van der Waals surface area contributed by atoms with Crippen molar-refractivity contribution in [2.45, 2.75) is 6.92 Å². The van der Waals surface area contributed by atoms with Gasteiger partial charge in [-0.15, -0.1) is 0 Å². The summed E-state index contributed by atoms with van der Waals surface area (Å²) in [5.41, 5.74) is 8.69. The molecule has 2 heterocycles. The fraction of sp³-hybridized carbons (Fsp3) is 0.0769. The van der Waals surface area contributed by atoms with Gasteiger partial charge < -0.3 is 15.5 Å². The second-order valence-corrected chi connectivity index (χ2v) is 4.16. The largest absolute Gasteiger partial charge is 0.382 e. The zero-order chi connectivity index (χ0) is 12.5. The predicted molar refractivity (Wildman–Crippen MR) is 71.9 cm³/mol. The van der Waals surface area contributed by atoms with Gasteiger partial charge in [0.2, 0.25) is 0 Å². The highest BCUT2D eigenvalue weighted by atomic mass is 15.1. The lowest BCUT2D eigenvalue weighted by Gasteiger charge is -2.08. The van der Waals surface area contributed by atoms with Gasteiger partial charge in [-0.25, -0.2) is 9.97 Å². The quantitative estimate of drug-likeness (QED) is 0.720. The van der Waals surface area contributed by atoms with Crippen LogP contribution in [0.3, 0.4) is 0 Å². The number of rotatable bonds is 2. The van der Waals surface area contributed by atoms with Crippen molar-refractivity contribution < 1.29 is 0 Å². The van der Waals surface area contributed by atoms with E-state index in [1.807, 2.05) is 34.9 Å². The summed E-state index contributed by atoms with van der Waals surface area (Å²) >= 11 is 0. The number of hydrogen-bond acceptors (Lipinski definition) is 4. The van der Waals surface area contributed by atoms with E-state index in [-0.39, 0.29) is 0 Å². The zero-order valence-electron chi connectivity index (χ0n) is 9.96. The van der Waals surface area contributed by atoms with Crippen molar-refractivity contribution in [3.63, 3.8) is 0 Å². The summed E-state index contributed by atoms with van der Waals surface area (Å²) in [6.07, 6.45) is 5.30. The van der Waals surface area contributed by atoms with Gasteiger partial charge >= 0.3 is 0 Å². The van der Waals surface area contributed by atoms with E-state index in [1.165, 1.54) is 5.56 Å². The number of aromatic nitrogens is 3. The SMILES string of the molecule is Cc1ccc(Nc2nc(N)cn3ccnc23)cc1. The van der Waals surface area contributed by atoms with Crippen molar-refractivity contribution in [3.05, 3.63) is 48.4 Å². The third-order valence-electron chi connectivity index (χ3n) is 2.71. The molecule has 0 saturated carbocycles. The maximum absolute atomic E-state index is 5.76. The van der Waals surface area contributed by atoms with E-state index in [0.29, 0.717) is 11.6 Å². The lowest BCUT2D eigenvalue weighted by molar-refractivity contribution is 1.14. The lowest BCUT2D eigenvalue weighted by atomic mass is 10.2. The smallest absolute Gasteiger partial charge is 0.180 e. The highest BCUT2D eigenvalue weighted by Gasteiger charge is 2.06. The number of hydrogen-bond donors (Lipinski definition) is 2. The van der Waals surface area contributed by atoms with E-state index in [9.17, 15) is 0 Å². The molecule has 0 fully saturated rings. The summed E-state index contributed by atoms with van der Waals surface area (Å²) in [7, 11) is 0. The standard InChI is InChI=1S/C13H13N5/c1-9-2-4-10(5-3-9)16-12-13-15-6-7-18(13)8-11(14)17-12/h2-8H,14H2,1H3,(H,16,17). The normalized spacial score (nSPS) is 10.7. The molecule has 0 aliphatic rings. The van der Waals surface area contributed by atoms with Crippen LogP contribution in [0.15, 0.2) is 42.9 Å². The Morgan fingerprint density at radius 3 is 2.78 bits per heavy atom. The number of nitrogens with zero attached hydrogens (tertiary/aromatic N) is 3. The number of nitrogens with two attached hydrogens (primary N) is 1. The van der Waals surface area contributed by atoms with E-state index < -0.39 is 0 Å². The van der Waals surface area contributed by atoms with Gasteiger partial charge in [-0.1, -0.05) is 17.7 Å². The molecule has 2 aromatic heterocycles. The average Bonchev–Trinajstić information content (AvgIpc) is 2.80. The van der Waals surface area contributed by atoms with E-state index in [0.717, 1.165) is 11.3 Å². The highest BCUT2D eigenvalue weighted by Crippen LogP contribution is 2.20. The number of benzene rings is 1. The summed E-state index contributed by atoms with van der Waals surface area (Å²) in [5, 5.41) is 3.23. The average molecular weight is 239 g/mol. The monoisotopic (exact) mass is 239 g/mol. The zero-order valence-corrected chi connectivity index (χ0v) is 9.96. The van der Waals surface area contributed by atoms with Crippen LogP contribution >= 0.6 is 0 Å². The molecule has 0 unspecified atom stereocenters. The van der Waals surface area contributed by atoms with E-state index in [2.05, 4.69) is 22.2 Å². The molecule has 5 nitrogen and oxygen atoms in total. The summed E-state index contributed by atoms with van der Waals surface area (Å²) in [4.78, 5) is 8.53. The van der Waals surface area contributed by atoms with Gasteiger partial charge in [0.05, 0.1) is 6.20 Å². The van der Waals surface area contributed by atoms with Gasteiger partial charge in [0.25, 0.3) is 0 Å². The van der Waals surface area contributed by atoms with E-state index in [4.69, 9.17) is 5.73 Å². The third-order valence-corrected chi connectivity index (χ3v) is 2.71. The van der Waals surface area contributed by atoms with Crippen molar-refractivity contribution in [3.8, 4) is 0 Å². The molecule has 0 amide bonds. The lowest BCUT2D eigenvalue weighted by Crippen LogP contribution is -2.01. The van der Waals surface area contributed by atoms with Gasteiger partial charge in [0, 0.05) is 18.1 Å². The Labute approximate surface area is 104 Å². The number of nitrogens with one attached hydrogen (secondary N) is 1. The van der Waals surface area contributed by atoms with Crippen LogP contribution in [0.5, 0.6) is 0 Å². The number of anilines is 3. The van der Waals surface area contributed by atoms with Gasteiger partial charge in [-0.2, -0.15) is 0 Å². The summed E-state index contributed by atoms with van der Waals surface area (Å²) in [6.45, 7) is 2.05. The molecule has 5 heteroatoms. The molecule has 1 aromatic carbocycles. The molecule has 0 bridgehead atoms. The predicted octanol–water partition coefficient (Wildman–Crippen LogP) is 2.36. The minimum absolute atomic E-state index is 0.454. The Hall–Kier alpha value is -2.56. The van der Waals surface area contributed by atoms with Crippen LogP contribution < -0.4 is 11.1 Å². The van der Waals surface area contributed by atoms with Crippen molar-refractivity contribution in [2.75, 3.05) is 11.1 Å². The molecule has 0 aliphatic heterocycles. The van der Waals surface area contributed by atoms with Gasteiger partial charge in [-0.05, 0) is 19.1 Å². The first-order valence-corrected chi connectivity index (χ1v) is 5.65. The molecule has 3 aromatic rings. The molecule has 0 radical (unpaired) electrons. The fourth-order valence-electron chi connectivity index (χ4n) is 1.81. The number of imidazole rings is 1. The van der Waals surface area contributed by atoms with Crippen molar-refractivity contribution in [1.82, 2.24) is 14.4 Å². The summed E-state index contributed by atoms with van der Waals surface area (Å²) in [5.74, 6) is 1.11. The molecular formula is C13H13N5. The molecule has 0 spiro atoms. The Morgan fingerprint density at radius 2 is 2.00 bits per heavy atom. The number of fused-ring (bicyclic) bond motifs is 1. The minimum atomic E-state index is 0.454. The molecule has 0 atom stereocenters. The van der Waals surface area contributed by atoms with E-state index in [1.54, 1.807) is 12.4 Å². The summed E-state index contributed by atoms with van der Waals surface area (Å²) < 4.78 is 1.85. The number of nitrogen functional groups attached to an aromatic ring is 1. The molecular weight excluding hydrogens is 226 g/mol. The van der Waals surface area contributed by atoms with Crippen LogP contribution in [0, 0.1) is 6.92 Å². The van der Waals surface area contributed by atoms with Crippen LogP contribution in [-0.2, 0) is 0 Å². The molecule has 3 rings (SSSR count). The Balaban J connectivity index is 2.03. The molecule has 3 N–H and O–H groups in total. The van der Waals surface area contributed by atoms with Gasteiger partial charge in [-0.3, -0.25) is 0 Å². The molecule has 18 heavy (non-hydrogen) atoms. The Bertz CT molecular complexity index is 684. The van der Waals surface area contributed by atoms with Crippen molar-refractivity contribution in [1.29, 1.82) is 0 Å². The van der Waals surface area contributed by atoms with Crippen LogP contribution in [0.1, 0.15) is 5.56 Å². The van der Waals surface area contributed by atoms with Crippen LogP contribution in [0.25, 0.3) is 5.65 Å². The maximum atomic E-state index is 5.76. The highest BCUT2D eigenvalue weighted by molar-refractivity contribution is 5.71. The van der Waals surface area contributed by atoms with Crippen molar-refractivity contribution >= 4 is 23.0 Å². The topological polar surface area (TPSA) is 68.2 Å². The van der Waals surface area contributed by atoms with Gasteiger partial charge in [0.1, 0.15) is 5.82 Å². The third kappa shape index (κ3) is 1.86. The van der Waals surface area contributed by atoms with Crippen LogP contribution in [0.4, 0.5) is 17.3 Å². The van der Waals surface area contributed by atoms with E-state index >= 15 is 0 Å². The molecule has 0 aliphatic carbocycles. The molecule has 90 valence electrons. The van der Waals surface area contributed by atoms with Crippen LogP contribution in [0.2, 0.25) is 0 Å². The van der Waals surface area contributed by atoms with Gasteiger partial charge in [0.15, 0.2) is 11.5 Å². The first-order chi connectivity index (χ1) is 8.72. The first-order valence-electron chi connectivity index (χ1n) is 5.65. The Kier molecular flexibility index (Phi) is 2.37. The van der Waals surface area contributed by atoms with Crippen LogP contribution in [-0.4, -0.2) is 14.4 Å². The van der Waals surface area contributed by atoms with Crippen molar-refractivity contribution in [2.24, 2.45) is 0 Å². The second kappa shape index (κ2) is 4.03. The molecule has 0 saturated heterocycles. The fourth-order valence-corrected chi connectivity index (χ4v) is 1.81.